The van der Waals surface area contributed by atoms with E-state index in [0.717, 1.165) is 21.0 Å². The fourth-order valence-corrected chi connectivity index (χ4v) is 5.52. The molecule has 0 saturated carbocycles. The maximum absolute atomic E-state index is 13.5. The first-order chi connectivity index (χ1) is 19.3. The molecule has 0 atom stereocenters. The molecule has 0 saturated heterocycles. The Bertz CT molecular complexity index is 1570. The first-order valence-electron chi connectivity index (χ1n) is 12.6. The van der Waals surface area contributed by atoms with Gasteiger partial charge in [0.1, 0.15) is 13.2 Å². The second kappa shape index (κ2) is 12.9. The van der Waals surface area contributed by atoms with Crippen molar-refractivity contribution in [1.29, 1.82) is 0 Å². The fraction of sp³-hybridized carbons (Fsp3) is 0.161. The average Bonchev–Trinajstić information content (AvgIpc) is 2.95. The van der Waals surface area contributed by atoms with E-state index in [9.17, 15) is 13.2 Å². The predicted octanol–water partition coefficient (Wildman–Crippen LogP) is 5.24. The number of nitrogens with one attached hydrogen (secondary N) is 1. The number of nitrogens with zero attached hydrogens (tertiary/aromatic N) is 2. The van der Waals surface area contributed by atoms with Gasteiger partial charge in [-0.05, 0) is 78.6 Å². The Morgan fingerprint density at radius 1 is 0.875 bits per heavy atom. The number of amides is 1. The highest BCUT2D eigenvalue weighted by atomic mass is 32.2. The van der Waals surface area contributed by atoms with Crippen molar-refractivity contribution < 1.29 is 22.7 Å². The zero-order valence-electron chi connectivity index (χ0n) is 22.6. The van der Waals surface area contributed by atoms with E-state index >= 15 is 0 Å². The van der Waals surface area contributed by atoms with Crippen LogP contribution in [0, 0.1) is 13.8 Å². The number of hydrogen-bond acceptors (Lipinski definition) is 6. The van der Waals surface area contributed by atoms with Crippen molar-refractivity contribution in [2.75, 3.05) is 18.0 Å². The fourth-order valence-electron chi connectivity index (χ4n) is 4.09. The van der Waals surface area contributed by atoms with E-state index in [-0.39, 0.29) is 4.90 Å². The molecule has 0 aromatic heterocycles. The van der Waals surface area contributed by atoms with E-state index < -0.39 is 22.5 Å². The van der Waals surface area contributed by atoms with Crippen LogP contribution in [0.25, 0.3) is 0 Å². The first kappa shape index (κ1) is 28.4. The molecule has 0 unspecified atom stereocenters. The monoisotopic (exact) mass is 557 g/mol. The Morgan fingerprint density at radius 3 is 2.17 bits per heavy atom. The van der Waals surface area contributed by atoms with Crippen LogP contribution in [0.4, 0.5) is 5.69 Å². The lowest BCUT2D eigenvalue weighted by atomic mass is 10.1. The highest BCUT2D eigenvalue weighted by Gasteiger charge is 2.27. The Morgan fingerprint density at radius 2 is 1.52 bits per heavy atom. The van der Waals surface area contributed by atoms with Gasteiger partial charge in [-0.25, -0.2) is 13.8 Å². The third-order valence-corrected chi connectivity index (χ3v) is 7.73. The quantitative estimate of drug-likeness (QED) is 0.201. The van der Waals surface area contributed by atoms with E-state index in [1.165, 1.54) is 18.3 Å². The molecule has 4 aromatic carbocycles. The first-order valence-corrected chi connectivity index (χ1v) is 14.0. The number of carbonyl (C=O) groups is 1. The van der Waals surface area contributed by atoms with Gasteiger partial charge in [0.05, 0.1) is 23.9 Å². The second-order valence-electron chi connectivity index (χ2n) is 9.15. The van der Waals surface area contributed by atoms with Crippen LogP contribution in [0.2, 0.25) is 0 Å². The topological polar surface area (TPSA) is 97.3 Å². The number of benzene rings is 4. The minimum atomic E-state index is -4.01. The summed E-state index contributed by atoms with van der Waals surface area (Å²) in [6.45, 7) is 3.69. The summed E-state index contributed by atoms with van der Waals surface area (Å²) in [5, 5.41) is 4.03. The number of anilines is 1. The molecule has 0 fully saturated rings. The maximum Gasteiger partial charge on any atom is 0.264 e. The zero-order valence-corrected chi connectivity index (χ0v) is 23.4. The molecule has 4 rings (SSSR count). The molecule has 8 nitrogen and oxygen atoms in total. The molecule has 0 spiro atoms. The molecule has 9 heteroatoms. The molecule has 0 aliphatic heterocycles. The minimum Gasteiger partial charge on any atom is -0.493 e. The molecule has 0 radical (unpaired) electrons. The van der Waals surface area contributed by atoms with Crippen molar-refractivity contribution in [3.63, 3.8) is 0 Å². The van der Waals surface area contributed by atoms with E-state index in [1.54, 1.807) is 55.6 Å². The summed E-state index contributed by atoms with van der Waals surface area (Å²) in [7, 11) is -2.47. The lowest BCUT2D eigenvalue weighted by Gasteiger charge is -2.24. The Balaban J connectivity index is 1.47. The van der Waals surface area contributed by atoms with Gasteiger partial charge in [0.25, 0.3) is 15.9 Å². The van der Waals surface area contributed by atoms with Gasteiger partial charge in [0.15, 0.2) is 11.5 Å². The molecule has 206 valence electrons. The summed E-state index contributed by atoms with van der Waals surface area (Å²) in [4.78, 5) is 13.0. The molecule has 0 aliphatic rings. The molecule has 1 N–H and O–H groups in total. The Labute approximate surface area is 234 Å². The average molecular weight is 558 g/mol. The number of aryl methyl sites for hydroxylation is 2. The van der Waals surface area contributed by atoms with Gasteiger partial charge in [-0.3, -0.25) is 9.10 Å². The molecule has 1 amide bonds. The van der Waals surface area contributed by atoms with Crippen molar-refractivity contribution in [3.8, 4) is 11.5 Å². The summed E-state index contributed by atoms with van der Waals surface area (Å²) in [6.07, 6.45) is 1.45. The van der Waals surface area contributed by atoms with Gasteiger partial charge in [0, 0.05) is 0 Å². The van der Waals surface area contributed by atoms with E-state index in [0.29, 0.717) is 29.4 Å². The number of hydrazone groups is 1. The molecule has 4 aromatic rings. The highest BCUT2D eigenvalue weighted by Crippen LogP contribution is 2.29. The zero-order chi connectivity index (χ0) is 28.5. The number of sulfonamides is 1. The SMILES string of the molecule is COc1cc(/C=N\NC(=O)CN(c2cc(C)cc(C)c2)S(=O)(=O)c2ccccc2)ccc1OCc1ccccc1. The van der Waals surface area contributed by atoms with Crippen LogP contribution in [0.15, 0.2) is 107 Å². The third-order valence-electron chi connectivity index (χ3n) is 5.94. The maximum atomic E-state index is 13.5. The van der Waals surface area contributed by atoms with Crippen LogP contribution >= 0.6 is 0 Å². The van der Waals surface area contributed by atoms with Crippen molar-refractivity contribution in [2.45, 2.75) is 25.3 Å². The van der Waals surface area contributed by atoms with Crippen LogP contribution in [0.5, 0.6) is 11.5 Å². The van der Waals surface area contributed by atoms with E-state index in [4.69, 9.17) is 9.47 Å². The summed E-state index contributed by atoms with van der Waals surface area (Å²) >= 11 is 0. The lowest BCUT2D eigenvalue weighted by molar-refractivity contribution is -0.119. The molecular weight excluding hydrogens is 526 g/mol. The summed E-state index contributed by atoms with van der Waals surface area (Å²) in [5.41, 5.74) is 6.29. The Kier molecular flexibility index (Phi) is 9.19. The number of methoxy groups -OCH3 is 1. The lowest BCUT2D eigenvalue weighted by Crippen LogP contribution is -2.39. The second-order valence-corrected chi connectivity index (χ2v) is 11.0. The predicted molar refractivity (Wildman–Crippen MR) is 156 cm³/mol. The third kappa shape index (κ3) is 7.27. The molecular formula is C31H31N3O5S. The normalized spacial score (nSPS) is 11.3. The van der Waals surface area contributed by atoms with E-state index in [2.05, 4.69) is 10.5 Å². The smallest absolute Gasteiger partial charge is 0.264 e. The van der Waals surface area contributed by atoms with E-state index in [1.807, 2.05) is 50.2 Å². The molecule has 0 bridgehead atoms. The number of ether oxygens (including phenoxy) is 2. The van der Waals surface area contributed by atoms with Gasteiger partial charge < -0.3 is 9.47 Å². The van der Waals surface area contributed by atoms with Gasteiger partial charge in [0.2, 0.25) is 0 Å². The van der Waals surface area contributed by atoms with Crippen molar-refractivity contribution in [1.82, 2.24) is 5.43 Å². The van der Waals surface area contributed by atoms with Gasteiger partial charge in [-0.1, -0.05) is 54.6 Å². The standard InChI is InChI=1S/C31H31N3O5S/c1-23-16-24(2)18-27(17-23)34(40(36,37)28-12-8-5-9-13-28)21-31(35)33-32-20-26-14-15-29(30(19-26)38-3)39-22-25-10-6-4-7-11-25/h4-20H,21-22H2,1-3H3,(H,33,35)/b32-20-. The number of carbonyl (C=O) groups excluding carboxylic acids is 1. The highest BCUT2D eigenvalue weighted by molar-refractivity contribution is 7.92. The van der Waals surface area contributed by atoms with Crippen molar-refractivity contribution >= 4 is 27.8 Å². The minimum absolute atomic E-state index is 0.0899. The van der Waals surface area contributed by atoms with Crippen LogP contribution in [0.1, 0.15) is 22.3 Å². The van der Waals surface area contributed by atoms with Gasteiger partial charge >= 0.3 is 0 Å². The van der Waals surface area contributed by atoms with Crippen LogP contribution in [-0.2, 0) is 21.4 Å². The number of hydrogen-bond donors (Lipinski definition) is 1. The van der Waals surface area contributed by atoms with Crippen LogP contribution < -0.4 is 19.2 Å². The molecule has 40 heavy (non-hydrogen) atoms. The van der Waals surface area contributed by atoms with Gasteiger partial charge in [-0.2, -0.15) is 5.10 Å². The molecule has 0 heterocycles. The number of rotatable bonds is 11. The van der Waals surface area contributed by atoms with Crippen LogP contribution in [-0.4, -0.2) is 34.2 Å². The largest absolute Gasteiger partial charge is 0.493 e. The summed E-state index contributed by atoms with van der Waals surface area (Å²) in [5.74, 6) is 0.494. The summed E-state index contributed by atoms with van der Waals surface area (Å²) < 4.78 is 39.5. The van der Waals surface area contributed by atoms with Crippen molar-refractivity contribution in [3.05, 3.63) is 119 Å². The van der Waals surface area contributed by atoms with Crippen LogP contribution in [0.3, 0.4) is 0 Å². The van der Waals surface area contributed by atoms with Gasteiger partial charge in [-0.15, -0.1) is 0 Å². The molecule has 0 aliphatic carbocycles. The Hall–Kier alpha value is -4.63. The summed E-state index contributed by atoms with van der Waals surface area (Å²) in [6, 6.07) is 28.5. The van der Waals surface area contributed by atoms with Crippen molar-refractivity contribution in [2.24, 2.45) is 5.10 Å².